The minimum absolute atomic E-state index is 0.159. The second kappa shape index (κ2) is 8.89. The lowest BCUT2D eigenvalue weighted by molar-refractivity contribution is -0.117. The van der Waals surface area contributed by atoms with E-state index in [1.807, 2.05) is 19.1 Å². The van der Waals surface area contributed by atoms with Crippen LogP contribution >= 0.6 is 15.9 Å². The molecule has 4 rings (SSSR count). The maximum absolute atomic E-state index is 13.7. The van der Waals surface area contributed by atoms with Gasteiger partial charge in [-0.3, -0.25) is 9.59 Å². The average Bonchev–Trinajstić information content (AvgIpc) is 2.90. The molecule has 0 saturated carbocycles. The summed E-state index contributed by atoms with van der Waals surface area (Å²) < 4.78 is 20.1. The predicted octanol–water partition coefficient (Wildman–Crippen LogP) is 5.17. The average molecular weight is 483 g/mol. The Hall–Kier alpha value is -3.19. The highest BCUT2D eigenvalue weighted by Gasteiger charge is 2.35. The summed E-state index contributed by atoms with van der Waals surface area (Å²) in [5, 5.41) is 2.88. The number of anilines is 1. The standard InChI is InChI=1S/C24H20BrFN2O3/c1-2-31-21-6-4-3-5-18(21)24(30)28-14-22(29)27-20-12-9-16(25)13-19(20)23(28)15-7-10-17(26)11-8-15/h3-13,23H,2,14H2,1H3,(H,27,29). The molecule has 0 bridgehead atoms. The number of benzene rings is 3. The van der Waals surface area contributed by atoms with Crippen molar-refractivity contribution in [1.82, 2.24) is 4.90 Å². The fourth-order valence-electron chi connectivity index (χ4n) is 3.75. The molecule has 31 heavy (non-hydrogen) atoms. The number of rotatable bonds is 4. The molecule has 0 radical (unpaired) electrons. The monoisotopic (exact) mass is 482 g/mol. The molecule has 0 aromatic heterocycles. The molecule has 2 amide bonds. The van der Waals surface area contributed by atoms with Crippen LogP contribution in [0.1, 0.15) is 34.5 Å². The highest BCUT2D eigenvalue weighted by Crippen LogP contribution is 2.38. The zero-order valence-electron chi connectivity index (χ0n) is 16.8. The Morgan fingerprint density at radius 1 is 1.16 bits per heavy atom. The first kappa shape index (κ1) is 21.1. The van der Waals surface area contributed by atoms with E-state index in [-0.39, 0.29) is 24.2 Å². The molecular weight excluding hydrogens is 463 g/mol. The number of ether oxygens (including phenoxy) is 1. The van der Waals surface area contributed by atoms with Crippen molar-refractivity contribution in [3.05, 3.63) is 93.7 Å². The van der Waals surface area contributed by atoms with Crippen molar-refractivity contribution in [2.24, 2.45) is 0 Å². The van der Waals surface area contributed by atoms with Gasteiger partial charge in [0.15, 0.2) is 0 Å². The molecule has 3 aromatic carbocycles. The quantitative estimate of drug-likeness (QED) is 0.557. The van der Waals surface area contributed by atoms with Crippen LogP contribution in [0.4, 0.5) is 10.1 Å². The SMILES string of the molecule is CCOc1ccccc1C(=O)N1CC(=O)Nc2ccc(Br)cc2C1c1ccc(F)cc1. The molecule has 7 heteroatoms. The highest BCUT2D eigenvalue weighted by molar-refractivity contribution is 9.10. The summed E-state index contributed by atoms with van der Waals surface area (Å²) >= 11 is 3.48. The summed E-state index contributed by atoms with van der Waals surface area (Å²) in [6, 6.07) is 17.8. The van der Waals surface area contributed by atoms with Crippen LogP contribution in [0.5, 0.6) is 5.75 Å². The van der Waals surface area contributed by atoms with Crippen LogP contribution < -0.4 is 10.1 Å². The Balaban J connectivity index is 1.89. The topological polar surface area (TPSA) is 58.6 Å². The van der Waals surface area contributed by atoms with E-state index in [0.29, 0.717) is 29.2 Å². The van der Waals surface area contributed by atoms with Gasteiger partial charge in [-0.25, -0.2) is 4.39 Å². The molecule has 1 unspecified atom stereocenters. The van der Waals surface area contributed by atoms with Crippen molar-refractivity contribution in [3.63, 3.8) is 0 Å². The molecule has 1 heterocycles. The van der Waals surface area contributed by atoms with E-state index in [0.717, 1.165) is 10.0 Å². The lowest BCUT2D eigenvalue weighted by Gasteiger charge is -2.31. The van der Waals surface area contributed by atoms with Crippen LogP contribution in [0, 0.1) is 5.82 Å². The minimum atomic E-state index is -0.603. The van der Waals surface area contributed by atoms with Crippen LogP contribution in [-0.4, -0.2) is 29.9 Å². The van der Waals surface area contributed by atoms with Gasteiger partial charge in [-0.15, -0.1) is 0 Å². The Kier molecular flexibility index (Phi) is 6.04. The van der Waals surface area contributed by atoms with E-state index >= 15 is 0 Å². The third-order valence-electron chi connectivity index (χ3n) is 5.07. The zero-order chi connectivity index (χ0) is 22.0. The number of amides is 2. The molecule has 1 atom stereocenters. The van der Waals surface area contributed by atoms with Crippen molar-refractivity contribution < 1.29 is 18.7 Å². The number of nitrogens with zero attached hydrogens (tertiary/aromatic N) is 1. The van der Waals surface area contributed by atoms with Crippen LogP contribution in [0.15, 0.2) is 71.2 Å². The van der Waals surface area contributed by atoms with Crippen LogP contribution in [0.2, 0.25) is 0 Å². The summed E-state index contributed by atoms with van der Waals surface area (Å²) in [5.74, 6) is -0.579. The number of carbonyl (C=O) groups excluding carboxylic acids is 2. The molecule has 158 valence electrons. The molecule has 5 nitrogen and oxygen atoms in total. The van der Waals surface area contributed by atoms with Gasteiger partial charge in [0, 0.05) is 15.7 Å². The first-order valence-electron chi connectivity index (χ1n) is 9.85. The van der Waals surface area contributed by atoms with Gasteiger partial charge < -0.3 is 15.0 Å². The lowest BCUT2D eigenvalue weighted by Crippen LogP contribution is -2.39. The lowest BCUT2D eigenvalue weighted by atomic mass is 9.95. The van der Waals surface area contributed by atoms with E-state index in [9.17, 15) is 14.0 Å². The largest absolute Gasteiger partial charge is 0.493 e. The third-order valence-corrected chi connectivity index (χ3v) is 5.57. The second-order valence-electron chi connectivity index (χ2n) is 7.10. The summed E-state index contributed by atoms with van der Waals surface area (Å²) in [4.78, 5) is 27.9. The minimum Gasteiger partial charge on any atom is -0.493 e. The Bertz CT molecular complexity index is 1130. The summed E-state index contributed by atoms with van der Waals surface area (Å²) in [7, 11) is 0. The van der Waals surface area contributed by atoms with Crippen molar-refractivity contribution in [1.29, 1.82) is 0 Å². The molecule has 3 aromatic rings. The third kappa shape index (κ3) is 4.32. The number of para-hydroxylation sites is 1. The Morgan fingerprint density at radius 2 is 1.90 bits per heavy atom. The van der Waals surface area contributed by atoms with E-state index in [2.05, 4.69) is 21.2 Å². The fraction of sp³-hybridized carbons (Fsp3) is 0.167. The fourth-order valence-corrected chi connectivity index (χ4v) is 4.13. The summed E-state index contributed by atoms with van der Waals surface area (Å²) in [6.07, 6.45) is 0. The molecule has 1 N–H and O–H groups in total. The van der Waals surface area contributed by atoms with E-state index in [1.165, 1.54) is 17.0 Å². The number of nitrogens with one attached hydrogen (secondary N) is 1. The van der Waals surface area contributed by atoms with Crippen molar-refractivity contribution in [3.8, 4) is 5.75 Å². The van der Waals surface area contributed by atoms with Gasteiger partial charge in [-0.1, -0.05) is 40.2 Å². The van der Waals surface area contributed by atoms with Gasteiger partial charge in [-0.05, 0) is 55.0 Å². The normalized spacial score (nSPS) is 15.6. The maximum Gasteiger partial charge on any atom is 0.258 e. The smallest absolute Gasteiger partial charge is 0.258 e. The molecular formula is C24H20BrFN2O3. The molecule has 0 aliphatic carbocycles. The van der Waals surface area contributed by atoms with Gasteiger partial charge in [0.1, 0.15) is 18.1 Å². The molecule has 1 aliphatic rings. The van der Waals surface area contributed by atoms with Crippen LogP contribution in [0.25, 0.3) is 0 Å². The van der Waals surface area contributed by atoms with Gasteiger partial charge in [-0.2, -0.15) is 0 Å². The highest BCUT2D eigenvalue weighted by atomic mass is 79.9. The number of hydrogen-bond donors (Lipinski definition) is 1. The van der Waals surface area contributed by atoms with E-state index in [4.69, 9.17) is 4.74 Å². The van der Waals surface area contributed by atoms with E-state index < -0.39 is 6.04 Å². The van der Waals surface area contributed by atoms with Gasteiger partial charge in [0.25, 0.3) is 5.91 Å². The Morgan fingerprint density at radius 3 is 2.65 bits per heavy atom. The van der Waals surface area contributed by atoms with Crippen LogP contribution in [-0.2, 0) is 4.79 Å². The number of fused-ring (bicyclic) bond motifs is 1. The van der Waals surface area contributed by atoms with Gasteiger partial charge in [0.2, 0.25) is 5.91 Å². The van der Waals surface area contributed by atoms with Crippen molar-refractivity contribution >= 4 is 33.4 Å². The molecule has 0 saturated heterocycles. The number of halogens is 2. The van der Waals surface area contributed by atoms with E-state index in [1.54, 1.807) is 42.5 Å². The maximum atomic E-state index is 13.7. The van der Waals surface area contributed by atoms with Crippen molar-refractivity contribution in [2.75, 3.05) is 18.5 Å². The van der Waals surface area contributed by atoms with Gasteiger partial charge in [0.05, 0.1) is 18.2 Å². The molecule has 0 fully saturated rings. The predicted molar refractivity (Wildman–Crippen MR) is 120 cm³/mol. The molecule has 1 aliphatic heterocycles. The first-order valence-corrected chi connectivity index (χ1v) is 10.6. The summed E-state index contributed by atoms with van der Waals surface area (Å²) in [6.45, 7) is 2.09. The zero-order valence-corrected chi connectivity index (χ0v) is 18.4. The Labute approximate surface area is 188 Å². The molecule has 0 spiro atoms. The number of hydrogen-bond acceptors (Lipinski definition) is 3. The van der Waals surface area contributed by atoms with Gasteiger partial charge >= 0.3 is 0 Å². The van der Waals surface area contributed by atoms with Crippen molar-refractivity contribution in [2.45, 2.75) is 13.0 Å². The summed E-state index contributed by atoms with van der Waals surface area (Å²) in [5.41, 5.74) is 2.40. The number of carbonyl (C=O) groups is 2. The van der Waals surface area contributed by atoms with Crippen LogP contribution in [0.3, 0.4) is 0 Å². The second-order valence-corrected chi connectivity index (χ2v) is 8.01. The first-order chi connectivity index (χ1) is 15.0.